The Kier molecular flexibility index (Phi) is 4.81. The number of rotatable bonds is 5. The first kappa shape index (κ1) is 15.3. The fourth-order valence-corrected chi connectivity index (χ4v) is 2.33. The van der Waals surface area contributed by atoms with Gasteiger partial charge in [0.2, 0.25) is 0 Å². The van der Waals surface area contributed by atoms with Gasteiger partial charge in [-0.25, -0.2) is 0 Å². The minimum atomic E-state index is -0.456. The number of anilines is 1. The summed E-state index contributed by atoms with van der Waals surface area (Å²) in [6.07, 6.45) is 1.01. The second-order valence-electron chi connectivity index (χ2n) is 4.92. The predicted octanol–water partition coefficient (Wildman–Crippen LogP) is 4.45. The number of hydrogen-bond donors (Lipinski definition) is 0. The lowest BCUT2D eigenvalue weighted by molar-refractivity contribution is -0.384. The Morgan fingerprint density at radius 2 is 1.76 bits per heavy atom. The molecule has 0 atom stereocenters. The first-order valence-electron chi connectivity index (χ1n) is 6.74. The third-order valence-corrected chi connectivity index (χ3v) is 3.73. The minimum Gasteiger partial charge on any atom is -0.370 e. The third kappa shape index (κ3) is 3.73. The molecule has 110 valence electrons. The average Bonchev–Trinajstić information content (AvgIpc) is 2.49. The van der Waals surface area contributed by atoms with Crippen molar-refractivity contribution < 1.29 is 4.92 Å². The van der Waals surface area contributed by atoms with Crippen LogP contribution in [0.15, 0.2) is 42.5 Å². The summed E-state index contributed by atoms with van der Waals surface area (Å²) in [6.45, 7) is 2.70. The van der Waals surface area contributed by atoms with Gasteiger partial charge in [0.1, 0.15) is 5.02 Å². The minimum absolute atomic E-state index is 0.0519. The maximum absolute atomic E-state index is 10.9. The van der Waals surface area contributed by atoms with Crippen LogP contribution in [0.2, 0.25) is 5.02 Å². The zero-order valence-electron chi connectivity index (χ0n) is 12.0. The quantitative estimate of drug-likeness (QED) is 0.605. The van der Waals surface area contributed by atoms with Crippen LogP contribution in [0.5, 0.6) is 0 Å². The van der Waals surface area contributed by atoms with Crippen LogP contribution in [-0.4, -0.2) is 12.0 Å². The van der Waals surface area contributed by atoms with Crippen LogP contribution < -0.4 is 4.90 Å². The second-order valence-corrected chi connectivity index (χ2v) is 5.33. The molecule has 0 unspecified atom stereocenters. The summed E-state index contributed by atoms with van der Waals surface area (Å²) in [5.41, 5.74) is 3.16. The highest BCUT2D eigenvalue weighted by Crippen LogP contribution is 2.26. The summed E-state index contributed by atoms with van der Waals surface area (Å²) in [4.78, 5) is 12.5. The molecule has 0 saturated heterocycles. The molecule has 2 aromatic carbocycles. The second kappa shape index (κ2) is 6.59. The molecule has 0 aliphatic rings. The smallest absolute Gasteiger partial charge is 0.288 e. The summed E-state index contributed by atoms with van der Waals surface area (Å²) < 4.78 is 0. The number of benzene rings is 2. The van der Waals surface area contributed by atoms with Crippen molar-refractivity contribution in [2.24, 2.45) is 0 Å². The van der Waals surface area contributed by atoms with E-state index in [9.17, 15) is 10.1 Å². The number of nitrogens with zero attached hydrogens (tertiary/aromatic N) is 2. The molecular weight excluding hydrogens is 288 g/mol. The predicted molar refractivity (Wildman–Crippen MR) is 86.0 cm³/mol. The molecule has 2 aromatic rings. The normalized spacial score (nSPS) is 10.4. The van der Waals surface area contributed by atoms with Gasteiger partial charge in [-0.2, -0.15) is 0 Å². The SMILES string of the molecule is CCc1ccc(N(C)Cc2ccc(Cl)c([N+](=O)[O-])c2)cc1. The number of halogens is 1. The van der Waals surface area contributed by atoms with Crippen LogP contribution in [-0.2, 0) is 13.0 Å². The fourth-order valence-electron chi connectivity index (χ4n) is 2.15. The zero-order valence-corrected chi connectivity index (χ0v) is 12.8. The zero-order chi connectivity index (χ0) is 15.4. The molecule has 0 N–H and O–H groups in total. The summed E-state index contributed by atoms with van der Waals surface area (Å²) in [6, 6.07) is 13.2. The monoisotopic (exact) mass is 304 g/mol. The lowest BCUT2D eigenvalue weighted by atomic mass is 10.1. The molecule has 0 saturated carbocycles. The first-order chi connectivity index (χ1) is 10.0. The summed E-state index contributed by atoms with van der Waals surface area (Å²) in [5, 5.41) is 11.1. The molecule has 0 amide bonds. The Hall–Kier alpha value is -2.07. The highest BCUT2D eigenvalue weighted by atomic mass is 35.5. The Balaban J connectivity index is 2.16. The van der Waals surface area contributed by atoms with Crippen molar-refractivity contribution in [1.29, 1.82) is 0 Å². The first-order valence-corrected chi connectivity index (χ1v) is 7.12. The van der Waals surface area contributed by atoms with Gasteiger partial charge in [0.15, 0.2) is 0 Å². The van der Waals surface area contributed by atoms with Gasteiger partial charge in [0.25, 0.3) is 5.69 Å². The molecule has 0 aliphatic carbocycles. The van der Waals surface area contributed by atoms with Crippen molar-refractivity contribution in [2.75, 3.05) is 11.9 Å². The van der Waals surface area contributed by atoms with E-state index in [1.807, 2.05) is 18.0 Å². The number of nitro groups is 1. The Morgan fingerprint density at radius 1 is 1.14 bits per heavy atom. The van der Waals surface area contributed by atoms with Crippen molar-refractivity contribution in [2.45, 2.75) is 19.9 Å². The highest BCUT2D eigenvalue weighted by molar-refractivity contribution is 6.32. The molecule has 0 fully saturated rings. The molecule has 2 rings (SSSR count). The van der Waals surface area contributed by atoms with E-state index in [2.05, 4.69) is 31.2 Å². The van der Waals surface area contributed by atoms with E-state index in [0.717, 1.165) is 17.7 Å². The Labute approximate surface area is 129 Å². The van der Waals surface area contributed by atoms with Crippen LogP contribution >= 0.6 is 11.6 Å². The lowest BCUT2D eigenvalue weighted by Gasteiger charge is -2.19. The molecule has 0 radical (unpaired) electrons. The van der Waals surface area contributed by atoms with E-state index < -0.39 is 4.92 Å². The van der Waals surface area contributed by atoms with Crippen LogP contribution in [0.3, 0.4) is 0 Å². The van der Waals surface area contributed by atoms with Crippen LogP contribution in [0.25, 0.3) is 0 Å². The Bertz CT molecular complexity index is 641. The molecule has 0 bridgehead atoms. The van der Waals surface area contributed by atoms with Crippen molar-refractivity contribution in [3.05, 3.63) is 68.7 Å². The van der Waals surface area contributed by atoms with Crippen molar-refractivity contribution in [3.8, 4) is 0 Å². The average molecular weight is 305 g/mol. The molecule has 0 heterocycles. The summed E-state index contributed by atoms with van der Waals surface area (Å²) >= 11 is 5.82. The maximum atomic E-state index is 10.9. The standard InChI is InChI=1S/C16H17ClN2O2/c1-3-12-4-7-14(8-5-12)18(2)11-13-6-9-15(17)16(10-13)19(20)21/h4-10H,3,11H2,1-2H3. The van der Waals surface area contributed by atoms with Gasteiger partial charge in [-0.05, 0) is 35.7 Å². The van der Waals surface area contributed by atoms with Gasteiger partial charge < -0.3 is 4.90 Å². The Morgan fingerprint density at radius 3 is 2.33 bits per heavy atom. The topological polar surface area (TPSA) is 46.4 Å². The van der Waals surface area contributed by atoms with Crippen LogP contribution in [0.4, 0.5) is 11.4 Å². The van der Waals surface area contributed by atoms with E-state index in [-0.39, 0.29) is 10.7 Å². The number of nitro benzene ring substituents is 1. The largest absolute Gasteiger partial charge is 0.370 e. The highest BCUT2D eigenvalue weighted by Gasteiger charge is 2.13. The van der Waals surface area contributed by atoms with E-state index >= 15 is 0 Å². The molecule has 4 nitrogen and oxygen atoms in total. The van der Waals surface area contributed by atoms with Crippen molar-refractivity contribution in [3.63, 3.8) is 0 Å². The third-order valence-electron chi connectivity index (χ3n) is 3.41. The van der Waals surface area contributed by atoms with E-state index in [0.29, 0.717) is 6.54 Å². The van der Waals surface area contributed by atoms with E-state index in [1.54, 1.807) is 6.07 Å². The van der Waals surface area contributed by atoms with Gasteiger partial charge in [0.05, 0.1) is 4.92 Å². The maximum Gasteiger partial charge on any atom is 0.288 e. The molecule has 0 aliphatic heterocycles. The van der Waals surface area contributed by atoms with Gasteiger partial charge in [-0.15, -0.1) is 0 Å². The summed E-state index contributed by atoms with van der Waals surface area (Å²) in [7, 11) is 1.96. The lowest BCUT2D eigenvalue weighted by Crippen LogP contribution is -2.16. The summed E-state index contributed by atoms with van der Waals surface area (Å²) in [5.74, 6) is 0. The van der Waals surface area contributed by atoms with Crippen LogP contribution in [0.1, 0.15) is 18.1 Å². The van der Waals surface area contributed by atoms with Crippen LogP contribution in [0, 0.1) is 10.1 Å². The molecule has 5 heteroatoms. The van der Waals surface area contributed by atoms with E-state index in [1.165, 1.54) is 11.6 Å². The van der Waals surface area contributed by atoms with Gasteiger partial charge in [-0.3, -0.25) is 10.1 Å². The fraction of sp³-hybridized carbons (Fsp3) is 0.250. The molecule has 0 aromatic heterocycles. The van der Waals surface area contributed by atoms with Gasteiger partial charge in [0, 0.05) is 25.3 Å². The van der Waals surface area contributed by atoms with E-state index in [4.69, 9.17) is 11.6 Å². The van der Waals surface area contributed by atoms with Gasteiger partial charge >= 0.3 is 0 Å². The molecule has 21 heavy (non-hydrogen) atoms. The van der Waals surface area contributed by atoms with Crippen molar-refractivity contribution in [1.82, 2.24) is 0 Å². The van der Waals surface area contributed by atoms with Crippen molar-refractivity contribution >= 4 is 23.0 Å². The molecular formula is C16H17ClN2O2. The number of aryl methyl sites for hydroxylation is 1. The number of hydrogen-bond acceptors (Lipinski definition) is 3. The van der Waals surface area contributed by atoms with Gasteiger partial charge in [-0.1, -0.05) is 36.7 Å². The molecule has 0 spiro atoms.